The molecule has 11 heteroatoms. The molecular weight excluding hydrogens is 638 g/mol. The van der Waals surface area contributed by atoms with Crippen LogP contribution in [-0.4, -0.2) is 68.4 Å². The maximum Gasteiger partial charge on any atom is 0.307 e. The molecular formula is C39H67N3O8. The molecule has 0 aliphatic heterocycles. The van der Waals surface area contributed by atoms with Crippen molar-refractivity contribution in [3.63, 3.8) is 0 Å². The lowest BCUT2D eigenvalue weighted by atomic mass is 9.43. The van der Waals surface area contributed by atoms with Gasteiger partial charge >= 0.3 is 23.9 Å². The first-order valence-corrected chi connectivity index (χ1v) is 19.8. The average molecular weight is 706 g/mol. The van der Waals surface area contributed by atoms with E-state index < -0.39 is 0 Å². The molecule has 286 valence electrons. The molecule has 1 unspecified atom stereocenters. The summed E-state index contributed by atoms with van der Waals surface area (Å²) < 4.78 is 24.2. The van der Waals surface area contributed by atoms with Crippen LogP contribution in [0.2, 0.25) is 0 Å². The fourth-order valence-electron chi connectivity index (χ4n) is 10.8. The molecule has 0 aromatic carbocycles. The Hall–Kier alpha value is -2.24. The predicted octanol–water partition coefficient (Wildman–Crippen LogP) is 5.19. The number of rotatable bonds is 18. The molecule has 50 heavy (non-hydrogen) atoms. The summed E-state index contributed by atoms with van der Waals surface area (Å²) in [4.78, 5) is 51.4. The van der Waals surface area contributed by atoms with Crippen LogP contribution in [0.25, 0.3) is 0 Å². The molecule has 4 rings (SSSR count). The molecule has 0 radical (unpaired) electrons. The van der Waals surface area contributed by atoms with Crippen LogP contribution in [0, 0.1) is 46.3 Å². The van der Waals surface area contributed by atoms with E-state index >= 15 is 0 Å². The van der Waals surface area contributed by atoms with E-state index in [2.05, 4.69) is 27.7 Å². The molecule has 0 amide bonds. The number of fused-ring (bicyclic) bond motifs is 5. The SMILES string of the molecule is CCCCCCOC(=O)CC[C@@H](C)[C@H]1CC[C@H]2[C@@H]3[C@H](OC(=O)CCN)C[C@@H]4C[C@H](OC(=O)CCN)CC[C@]4(C)[C@H]3CC(OC(=O)CCN)[C@]12C. The highest BCUT2D eigenvalue weighted by Crippen LogP contribution is 2.69. The molecule has 4 aliphatic rings. The first-order chi connectivity index (χ1) is 23.9. The maximum absolute atomic E-state index is 13.2. The zero-order valence-corrected chi connectivity index (χ0v) is 31.3. The minimum Gasteiger partial charge on any atom is -0.466 e. The molecule has 0 bridgehead atoms. The van der Waals surface area contributed by atoms with E-state index in [9.17, 15) is 19.2 Å². The van der Waals surface area contributed by atoms with Crippen LogP contribution in [0.3, 0.4) is 0 Å². The van der Waals surface area contributed by atoms with Crippen LogP contribution in [-0.2, 0) is 38.1 Å². The zero-order valence-electron chi connectivity index (χ0n) is 31.3. The number of carbonyl (C=O) groups excluding carboxylic acids is 4. The lowest BCUT2D eigenvalue weighted by Gasteiger charge is -2.64. The first-order valence-electron chi connectivity index (χ1n) is 19.8. The third kappa shape index (κ3) is 9.21. The standard InChI is InChI=1S/C39H67N3O8/c1-5-6-7-8-21-47-33(43)12-9-25(2)28-10-11-29-37-30(24-32(39(28,29)4)50-36(46)16-20-42)38(3)17-13-27(48-34(44)14-18-40)22-26(38)23-31(37)49-35(45)15-19-41/h25-32,37H,5-24,40-42H2,1-4H3/t25-,26+,27-,28-,29+,30+,31-,32?,37+,38+,39-/m1/s1. The summed E-state index contributed by atoms with van der Waals surface area (Å²) in [6.07, 6.45) is 10.6. The van der Waals surface area contributed by atoms with Crippen molar-refractivity contribution in [1.29, 1.82) is 0 Å². The molecule has 4 fully saturated rings. The normalized spacial score (nSPS) is 35.2. The summed E-state index contributed by atoms with van der Waals surface area (Å²) in [5, 5.41) is 0. The number of carbonyl (C=O) groups is 4. The van der Waals surface area contributed by atoms with Crippen molar-refractivity contribution in [3.8, 4) is 0 Å². The summed E-state index contributed by atoms with van der Waals surface area (Å²) >= 11 is 0. The molecule has 0 aromatic rings. The monoisotopic (exact) mass is 705 g/mol. The van der Waals surface area contributed by atoms with Gasteiger partial charge in [-0.1, -0.05) is 47.0 Å². The van der Waals surface area contributed by atoms with Crippen molar-refractivity contribution in [2.45, 2.75) is 149 Å². The van der Waals surface area contributed by atoms with Gasteiger partial charge in [0.1, 0.15) is 18.3 Å². The van der Waals surface area contributed by atoms with E-state index in [-0.39, 0.29) is 127 Å². The van der Waals surface area contributed by atoms with Crippen molar-refractivity contribution >= 4 is 23.9 Å². The third-order valence-corrected chi connectivity index (χ3v) is 13.4. The van der Waals surface area contributed by atoms with Crippen LogP contribution >= 0.6 is 0 Å². The van der Waals surface area contributed by atoms with E-state index in [1.54, 1.807) is 0 Å². The highest BCUT2D eigenvalue weighted by molar-refractivity contribution is 5.71. The van der Waals surface area contributed by atoms with Crippen LogP contribution in [0.15, 0.2) is 0 Å². The Morgan fingerprint density at radius 3 is 2.06 bits per heavy atom. The van der Waals surface area contributed by atoms with E-state index in [0.29, 0.717) is 38.7 Å². The number of esters is 4. The fourth-order valence-corrected chi connectivity index (χ4v) is 10.8. The second-order valence-corrected chi connectivity index (χ2v) is 16.3. The second-order valence-electron chi connectivity index (χ2n) is 16.3. The van der Waals surface area contributed by atoms with Gasteiger partial charge in [0.05, 0.1) is 25.9 Å². The summed E-state index contributed by atoms with van der Waals surface area (Å²) in [7, 11) is 0. The van der Waals surface area contributed by atoms with Crippen LogP contribution in [0.5, 0.6) is 0 Å². The predicted molar refractivity (Wildman–Crippen MR) is 190 cm³/mol. The summed E-state index contributed by atoms with van der Waals surface area (Å²) in [5.74, 6) is -0.00890. The quantitative estimate of drug-likeness (QED) is 0.0970. The van der Waals surface area contributed by atoms with Crippen molar-refractivity contribution in [2.24, 2.45) is 63.5 Å². The maximum atomic E-state index is 13.2. The van der Waals surface area contributed by atoms with E-state index in [1.165, 1.54) is 0 Å². The van der Waals surface area contributed by atoms with Gasteiger partial charge in [-0.3, -0.25) is 19.2 Å². The Bertz CT molecular complexity index is 1150. The fraction of sp³-hybridized carbons (Fsp3) is 0.897. The molecule has 0 heterocycles. The van der Waals surface area contributed by atoms with Gasteiger partial charge in [-0.2, -0.15) is 0 Å². The van der Waals surface area contributed by atoms with Gasteiger partial charge in [0.25, 0.3) is 0 Å². The second kappa shape index (κ2) is 18.5. The number of nitrogens with two attached hydrogens (primary N) is 3. The van der Waals surface area contributed by atoms with Crippen molar-refractivity contribution in [3.05, 3.63) is 0 Å². The molecule has 0 spiro atoms. The Morgan fingerprint density at radius 1 is 0.740 bits per heavy atom. The van der Waals surface area contributed by atoms with E-state index in [4.69, 9.17) is 36.1 Å². The largest absolute Gasteiger partial charge is 0.466 e. The molecule has 6 N–H and O–H groups in total. The van der Waals surface area contributed by atoms with Crippen LogP contribution < -0.4 is 17.2 Å². The van der Waals surface area contributed by atoms with Crippen molar-refractivity contribution < 1.29 is 38.1 Å². The first kappa shape index (κ1) is 40.5. The number of unbranched alkanes of at least 4 members (excludes halogenated alkanes) is 3. The molecule has 0 saturated heterocycles. The molecule has 11 nitrogen and oxygen atoms in total. The van der Waals surface area contributed by atoms with Gasteiger partial charge in [0.15, 0.2) is 0 Å². The Balaban J connectivity index is 1.61. The van der Waals surface area contributed by atoms with E-state index in [1.807, 2.05) is 0 Å². The number of hydrogen-bond donors (Lipinski definition) is 3. The van der Waals surface area contributed by atoms with Gasteiger partial charge in [0, 0.05) is 37.4 Å². The van der Waals surface area contributed by atoms with Gasteiger partial charge in [-0.15, -0.1) is 0 Å². The Morgan fingerprint density at radius 2 is 1.40 bits per heavy atom. The number of ether oxygens (including phenoxy) is 4. The van der Waals surface area contributed by atoms with Crippen molar-refractivity contribution in [1.82, 2.24) is 0 Å². The van der Waals surface area contributed by atoms with E-state index in [0.717, 1.165) is 51.4 Å². The topological polar surface area (TPSA) is 183 Å². The van der Waals surface area contributed by atoms with Gasteiger partial charge in [-0.05, 0) is 92.8 Å². The van der Waals surface area contributed by atoms with Gasteiger partial charge < -0.3 is 36.1 Å². The Labute approximate surface area is 300 Å². The van der Waals surface area contributed by atoms with Gasteiger partial charge in [0.2, 0.25) is 0 Å². The summed E-state index contributed by atoms with van der Waals surface area (Å²) in [6, 6.07) is 0. The number of hydrogen-bond acceptors (Lipinski definition) is 11. The summed E-state index contributed by atoms with van der Waals surface area (Å²) in [5.41, 5.74) is 16.7. The lowest BCUT2D eigenvalue weighted by Crippen LogP contribution is -2.63. The molecule has 4 saturated carbocycles. The smallest absolute Gasteiger partial charge is 0.307 e. The summed E-state index contributed by atoms with van der Waals surface area (Å²) in [6.45, 7) is 10.2. The average Bonchev–Trinajstić information content (AvgIpc) is 3.43. The minimum absolute atomic E-state index is 0.0917. The highest BCUT2D eigenvalue weighted by atomic mass is 16.6. The lowest BCUT2D eigenvalue weighted by molar-refractivity contribution is -0.225. The Kier molecular flexibility index (Phi) is 15.0. The molecule has 11 atom stereocenters. The van der Waals surface area contributed by atoms with Gasteiger partial charge in [-0.25, -0.2) is 0 Å². The molecule has 4 aliphatic carbocycles. The zero-order chi connectivity index (χ0) is 36.5. The van der Waals surface area contributed by atoms with Crippen LogP contribution in [0.4, 0.5) is 0 Å². The minimum atomic E-state index is -0.369. The highest BCUT2D eigenvalue weighted by Gasteiger charge is 2.67. The molecule has 0 aromatic heterocycles. The van der Waals surface area contributed by atoms with Crippen LogP contribution in [0.1, 0.15) is 130 Å². The third-order valence-electron chi connectivity index (χ3n) is 13.4. The van der Waals surface area contributed by atoms with Crippen molar-refractivity contribution in [2.75, 3.05) is 26.2 Å².